The van der Waals surface area contributed by atoms with Gasteiger partial charge in [0.05, 0.1) is 19.3 Å². The molecule has 0 heterocycles. The van der Waals surface area contributed by atoms with E-state index in [0.29, 0.717) is 12.2 Å². The molecule has 1 rings (SSSR count). The lowest BCUT2D eigenvalue weighted by molar-refractivity contribution is -0.141. The molecule has 4 nitrogen and oxygen atoms in total. The van der Waals surface area contributed by atoms with Gasteiger partial charge in [-0.2, -0.15) is 11.8 Å². The van der Waals surface area contributed by atoms with Gasteiger partial charge in [-0.3, -0.25) is 9.59 Å². The Kier molecular flexibility index (Phi) is 5.82. The second-order valence-electron chi connectivity index (χ2n) is 4.60. The Labute approximate surface area is 107 Å². The molecule has 1 aliphatic rings. The SMILES string of the molecule is CCCNC(=O)CSCC1(CC(=O)OC)CC1. The molecule has 0 unspecified atom stereocenters. The predicted octanol–water partition coefficient (Wildman–Crippen LogP) is 1.59. The number of nitrogens with one attached hydrogen (secondary N) is 1. The van der Waals surface area contributed by atoms with E-state index in [0.717, 1.165) is 31.6 Å². The van der Waals surface area contributed by atoms with Crippen LogP contribution in [0, 0.1) is 5.41 Å². The van der Waals surface area contributed by atoms with Gasteiger partial charge in [0.2, 0.25) is 5.91 Å². The van der Waals surface area contributed by atoms with Gasteiger partial charge in [-0.05, 0) is 30.4 Å². The largest absolute Gasteiger partial charge is 0.469 e. The van der Waals surface area contributed by atoms with E-state index in [1.807, 2.05) is 6.92 Å². The zero-order valence-corrected chi connectivity index (χ0v) is 11.4. The Morgan fingerprint density at radius 2 is 2.12 bits per heavy atom. The lowest BCUT2D eigenvalue weighted by Crippen LogP contribution is -2.26. The first-order valence-electron chi connectivity index (χ1n) is 6.03. The number of rotatable bonds is 8. The zero-order valence-electron chi connectivity index (χ0n) is 10.6. The van der Waals surface area contributed by atoms with Crippen molar-refractivity contribution in [3.63, 3.8) is 0 Å². The number of carbonyl (C=O) groups is 2. The molecule has 1 saturated carbocycles. The van der Waals surface area contributed by atoms with Crippen LogP contribution in [0.15, 0.2) is 0 Å². The van der Waals surface area contributed by atoms with E-state index in [2.05, 4.69) is 10.1 Å². The number of hydrogen-bond donors (Lipinski definition) is 1. The third-order valence-electron chi connectivity index (χ3n) is 2.92. The Morgan fingerprint density at radius 3 is 2.65 bits per heavy atom. The average Bonchev–Trinajstić information content (AvgIpc) is 3.06. The van der Waals surface area contributed by atoms with Gasteiger partial charge in [0.1, 0.15) is 0 Å². The number of esters is 1. The summed E-state index contributed by atoms with van der Waals surface area (Å²) in [6, 6.07) is 0. The fourth-order valence-corrected chi connectivity index (χ4v) is 2.82. The van der Waals surface area contributed by atoms with Crippen LogP contribution in [0.4, 0.5) is 0 Å². The molecule has 0 spiro atoms. The minimum atomic E-state index is -0.140. The van der Waals surface area contributed by atoms with E-state index < -0.39 is 0 Å². The van der Waals surface area contributed by atoms with Gasteiger partial charge in [-0.25, -0.2) is 0 Å². The summed E-state index contributed by atoms with van der Waals surface area (Å²) in [7, 11) is 1.42. The highest BCUT2D eigenvalue weighted by Gasteiger charge is 2.44. The molecule has 0 bridgehead atoms. The van der Waals surface area contributed by atoms with Crippen LogP contribution in [0.3, 0.4) is 0 Å². The van der Waals surface area contributed by atoms with Crippen molar-refractivity contribution in [1.29, 1.82) is 0 Å². The van der Waals surface area contributed by atoms with Gasteiger partial charge in [0.25, 0.3) is 0 Å². The first kappa shape index (κ1) is 14.4. The quantitative estimate of drug-likeness (QED) is 0.673. The molecule has 5 heteroatoms. The molecule has 0 radical (unpaired) electrons. The normalized spacial score (nSPS) is 16.4. The van der Waals surface area contributed by atoms with Gasteiger partial charge in [-0.15, -0.1) is 0 Å². The van der Waals surface area contributed by atoms with E-state index in [1.54, 1.807) is 11.8 Å². The van der Waals surface area contributed by atoms with Crippen molar-refractivity contribution >= 4 is 23.6 Å². The maximum atomic E-state index is 11.4. The second kappa shape index (κ2) is 6.89. The summed E-state index contributed by atoms with van der Waals surface area (Å²) in [4.78, 5) is 22.6. The van der Waals surface area contributed by atoms with Crippen molar-refractivity contribution in [3.05, 3.63) is 0 Å². The maximum absolute atomic E-state index is 11.4. The van der Waals surface area contributed by atoms with Gasteiger partial charge < -0.3 is 10.1 Å². The zero-order chi connectivity index (χ0) is 12.7. The predicted molar refractivity (Wildman–Crippen MR) is 68.9 cm³/mol. The summed E-state index contributed by atoms with van der Waals surface area (Å²) in [6.07, 6.45) is 3.60. The smallest absolute Gasteiger partial charge is 0.306 e. The summed E-state index contributed by atoms with van der Waals surface area (Å²) >= 11 is 1.61. The number of thioether (sulfide) groups is 1. The Balaban J connectivity index is 2.13. The number of ether oxygens (including phenoxy) is 1. The average molecular weight is 259 g/mol. The van der Waals surface area contributed by atoms with Crippen molar-refractivity contribution in [2.45, 2.75) is 32.6 Å². The molecule has 0 aromatic carbocycles. The molecular weight excluding hydrogens is 238 g/mol. The molecule has 1 N–H and O–H groups in total. The van der Waals surface area contributed by atoms with Crippen LogP contribution < -0.4 is 5.32 Å². The molecule has 1 aliphatic carbocycles. The van der Waals surface area contributed by atoms with Crippen LogP contribution in [0.1, 0.15) is 32.6 Å². The highest BCUT2D eigenvalue weighted by atomic mass is 32.2. The standard InChI is InChI=1S/C12H21NO3S/c1-3-6-13-10(14)8-17-9-12(4-5-12)7-11(15)16-2/h3-9H2,1-2H3,(H,13,14). The molecular formula is C12H21NO3S. The highest BCUT2D eigenvalue weighted by molar-refractivity contribution is 7.99. The van der Waals surface area contributed by atoms with Crippen LogP contribution in [0.2, 0.25) is 0 Å². The van der Waals surface area contributed by atoms with Gasteiger partial charge in [-0.1, -0.05) is 6.92 Å². The Hall–Kier alpha value is -0.710. The summed E-state index contributed by atoms with van der Waals surface area (Å²) in [5.41, 5.74) is 0.114. The van der Waals surface area contributed by atoms with Crippen LogP contribution in [-0.2, 0) is 14.3 Å². The highest BCUT2D eigenvalue weighted by Crippen LogP contribution is 2.51. The summed E-state index contributed by atoms with van der Waals surface area (Å²) in [6.45, 7) is 2.77. The third-order valence-corrected chi connectivity index (χ3v) is 4.20. The lowest BCUT2D eigenvalue weighted by atomic mass is 10.1. The van der Waals surface area contributed by atoms with Crippen LogP contribution in [0.25, 0.3) is 0 Å². The molecule has 0 aliphatic heterocycles. The number of hydrogen-bond acceptors (Lipinski definition) is 4. The third kappa shape index (κ3) is 5.44. The monoisotopic (exact) mass is 259 g/mol. The van der Waals surface area contributed by atoms with E-state index in [9.17, 15) is 9.59 Å². The second-order valence-corrected chi connectivity index (χ2v) is 5.58. The number of methoxy groups -OCH3 is 1. The van der Waals surface area contributed by atoms with Gasteiger partial charge >= 0.3 is 5.97 Å². The molecule has 1 amide bonds. The molecule has 0 aromatic rings. The van der Waals surface area contributed by atoms with Crippen molar-refractivity contribution in [2.24, 2.45) is 5.41 Å². The van der Waals surface area contributed by atoms with Gasteiger partial charge in [0.15, 0.2) is 0 Å². The topological polar surface area (TPSA) is 55.4 Å². The van der Waals surface area contributed by atoms with Crippen LogP contribution in [-0.4, -0.2) is 37.0 Å². The van der Waals surface area contributed by atoms with Crippen molar-refractivity contribution < 1.29 is 14.3 Å². The lowest BCUT2D eigenvalue weighted by Gasteiger charge is -2.12. The minimum absolute atomic E-state index is 0.0886. The molecule has 0 saturated heterocycles. The summed E-state index contributed by atoms with van der Waals surface area (Å²) in [5.74, 6) is 1.31. The van der Waals surface area contributed by atoms with E-state index in [1.165, 1.54) is 7.11 Å². The van der Waals surface area contributed by atoms with Crippen molar-refractivity contribution in [3.8, 4) is 0 Å². The van der Waals surface area contributed by atoms with E-state index in [-0.39, 0.29) is 17.3 Å². The van der Waals surface area contributed by atoms with E-state index in [4.69, 9.17) is 0 Å². The van der Waals surface area contributed by atoms with Crippen LogP contribution >= 0.6 is 11.8 Å². The summed E-state index contributed by atoms with van der Waals surface area (Å²) < 4.78 is 4.68. The fraction of sp³-hybridized carbons (Fsp3) is 0.833. The molecule has 17 heavy (non-hydrogen) atoms. The number of carbonyl (C=O) groups excluding carboxylic acids is 2. The van der Waals surface area contributed by atoms with Crippen molar-refractivity contribution in [2.75, 3.05) is 25.2 Å². The Bertz CT molecular complexity index is 277. The summed E-state index contributed by atoms with van der Waals surface area (Å²) in [5, 5.41) is 2.84. The van der Waals surface area contributed by atoms with Crippen molar-refractivity contribution in [1.82, 2.24) is 5.32 Å². The molecule has 0 atom stereocenters. The molecule has 98 valence electrons. The molecule has 1 fully saturated rings. The minimum Gasteiger partial charge on any atom is -0.469 e. The van der Waals surface area contributed by atoms with Gasteiger partial charge in [0, 0.05) is 6.54 Å². The van der Waals surface area contributed by atoms with Crippen LogP contribution in [0.5, 0.6) is 0 Å². The first-order valence-corrected chi connectivity index (χ1v) is 7.18. The fourth-order valence-electron chi connectivity index (χ4n) is 1.60. The maximum Gasteiger partial charge on any atom is 0.306 e. The molecule has 0 aromatic heterocycles. The first-order chi connectivity index (χ1) is 8.12. The number of amides is 1. The van der Waals surface area contributed by atoms with E-state index >= 15 is 0 Å². The Morgan fingerprint density at radius 1 is 1.41 bits per heavy atom.